The molecule has 0 unspecified atom stereocenters. The number of thiazole rings is 1. The number of hydrogen-bond donors (Lipinski definition) is 1. The summed E-state index contributed by atoms with van der Waals surface area (Å²) in [5.74, 6) is -0.614. The predicted octanol–water partition coefficient (Wildman–Crippen LogP) is 4.18. The summed E-state index contributed by atoms with van der Waals surface area (Å²) in [4.78, 5) is 49.5. The van der Waals surface area contributed by atoms with Gasteiger partial charge in [0.1, 0.15) is 6.04 Å². The molecule has 41 heavy (non-hydrogen) atoms. The van der Waals surface area contributed by atoms with Crippen molar-refractivity contribution in [2.24, 2.45) is 4.99 Å². The van der Waals surface area contributed by atoms with Gasteiger partial charge in [-0.3, -0.25) is 19.3 Å². The fourth-order valence-electron chi connectivity index (χ4n) is 5.45. The molecule has 9 heteroatoms. The van der Waals surface area contributed by atoms with Gasteiger partial charge >= 0.3 is 0 Å². The fraction of sp³-hybridized carbons (Fsp3) is 0.250. The second kappa shape index (κ2) is 12.0. The number of amides is 3. The molecule has 1 aromatic heterocycles. The molecule has 1 N–H and O–H groups in total. The van der Waals surface area contributed by atoms with Crippen LogP contribution in [0.5, 0.6) is 0 Å². The van der Waals surface area contributed by atoms with E-state index >= 15 is 0 Å². The van der Waals surface area contributed by atoms with Gasteiger partial charge < -0.3 is 14.8 Å². The lowest BCUT2D eigenvalue weighted by molar-refractivity contribution is -0.135. The van der Waals surface area contributed by atoms with E-state index in [9.17, 15) is 14.4 Å². The van der Waals surface area contributed by atoms with Crippen LogP contribution in [0.4, 0.5) is 5.69 Å². The summed E-state index contributed by atoms with van der Waals surface area (Å²) in [7, 11) is 0. The molecule has 0 saturated carbocycles. The topological polar surface area (TPSA) is 87.0 Å². The van der Waals surface area contributed by atoms with E-state index in [-0.39, 0.29) is 24.3 Å². The molecule has 1 saturated heterocycles. The van der Waals surface area contributed by atoms with Crippen LogP contribution in [-0.4, -0.2) is 58.3 Å². The molecule has 4 aromatic rings. The van der Waals surface area contributed by atoms with E-state index in [1.165, 1.54) is 16.2 Å². The summed E-state index contributed by atoms with van der Waals surface area (Å²) < 4.78 is 1.97. The number of carbonyl (C=O) groups excluding carboxylic acids is 3. The number of benzene rings is 3. The zero-order valence-electron chi connectivity index (χ0n) is 22.6. The number of fused-ring (bicyclic) bond motifs is 1. The second-order valence-electron chi connectivity index (χ2n) is 10.2. The molecule has 3 aromatic carbocycles. The third kappa shape index (κ3) is 5.64. The number of para-hydroxylation sites is 1. The lowest BCUT2D eigenvalue weighted by Gasteiger charge is -2.32. The van der Waals surface area contributed by atoms with Gasteiger partial charge in [-0.2, -0.15) is 0 Å². The molecule has 3 amide bonds. The Bertz CT molecular complexity index is 1590. The largest absolute Gasteiger partial charge is 0.338 e. The van der Waals surface area contributed by atoms with Gasteiger partial charge in [-0.05, 0) is 42.7 Å². The number of aryl methyl sites for hydroxylation is 1. The van der Waals surface area contributed by atoms with Crippen molar-refractivity contribution in [2.75, 3.05) is 26.2 Å². The molecule has 1 fully saturated rings. The number of nitrogens with zero attached hydrogens (tertiary/aromatic N) is 4. The maximum absolute atomic E-state index is 14.2. The Kier molecular flexibility index (Phi) is 7.89. The Morgan fingerprint density at radius 3 is 2.12 bits per heavy atom. The number of aromatic nitrogens is 1. The maximum atomic E-state index is 14.2. The van der Waals surface area contributed by atoms with Crippen LogP contribution in [0.2, 0.25) is 0 Å². The SMILES string of the molecule is O=C([C@H](CCc1ccccc1)n1c(CN2C(=O)c3ccccc3C2=O)csc1=Nc1ccccc1)N1CCNCC1. The van der Waals surface area contributed by atoms with E-state index in [2.05, 4.69) is 17.4 Å². The van der Waals surface area contributed by atoms with Crippen molar-refractivity contribution in [3.8, 4) is 0 Å². The fourth-order valence-corrected chi connectivity index (χ4v) is 6.39. The van der Waals surface area contributed by atoms with Gasteiger partial charge in [0.15, 0.2) is 4.80 Å². The van der Waals surface area contributed by atoms with E-state index in [0.717, 1.165) is 24.3 Å². The second-order valence-corrected chi connectivity index (χ2v) is 11.0. The zero-order chi connectivity index (χ0) is 28.2. The molecular weight excluding hydrogens is 534 g/mol. The van der Waals surface area contributed by atoms with Gasteiger partial charge in [-0.25, -0.2) is 4.99 Å². The molecule has 208 valence electrons. The number of carbonyl (C=O) groups is 3. The highest BCUT2D eigenvalue weighted by Gasteiger charge is 2.37. The highest BCUT2D eigenvalue weighted by atomic mass is 32.1. The summed E-state index contributed by atoms with van der Waals surface area (Å²) in [6.07, 6.45) is 1.25. The van der Waals surface area contributed by atoms with Crippen LogP contribution >= 0.6 is 11.3 Å². The Morgan fingerprint density at radius 1 is 0.854 bits per heavy atom. The number of rotatable bonds is 8. The Morgan fingerprint density at radius 2 is 1.46 bits per heavy atom. The first-order chi connectivity index (χ1) is 20.1. The highest BCUT2D eigenvalue weighted by molar-refractivity contribution is 7.07. The molecular formula is C32H31N5O3S. The first-order valence-corrected chi connectivity index (χ1v) is 14.8. The highest BCUT2D eigenvalue weighted by Crippen LogP contribution is 2.27. The number of piperazine rings is 1. The summed E-state index contributed by atoms with van der Waals surface area (Å²) in [6, 6.07) is 26.1. The lowest BCUT2D eigenvalue weighted by atomic mass is 10.0. The molecule has 0 aliphatic carbocycles. The predicted molar refractivity (Wildman–Crippen MR) is 158 cm³/mol. The number of hydrogen-bond acceptors (Lipinski definition) is 6. The average molecular weight is 566 g/mol. The van der Waals surface area contributed by atoms with Gasteiger partial charge in [0, 0.05) is 31.6 Å². The summed E-state index contributed by atoms with van der Waals surface area (Å²) in [6.45, 7) is 2.81. The van der Waals surface area contributed by atoms with Gasteiger partial charge in [0.25, 0.3) is 11.8 Å². The molecule has 0 spiro atoms. The Hall–Kier alpha value is -4.34. The van der Waals surface area contributed by atoms with Crippen molar-refractivity contribution in [1.29, 1.82) is 0 Å². The molecule has 3 heterocycles. The monoisotopic (exact) mass is 565 g/mol. The van der Waals surface area contributed by atoms with E-state index in [4.69, 9.17) is 4.99 Å². The van der Waals surface area contributed by atoms with Crippen molar-refractivity contribution in [2.45, 2.75) is 25.4 Å². The molecule has 2 aliphatic heterocycles. The Balaban J connectivity index is 1.43. The van der Waals surface area contributed by atoms with Gasteiger partial charge in [-0.15, -0.1) is 11.3 Å². The third-order valence-electron chi connectivity index (χ3n) is 7.57. The lowest BCUT2D eigenvalue weighted by Crippen LogP contribution is -2.49. The van der Waals surface area contributed by atoms with Crippen LogP contribution in [0.25, 0.3) is 0 Å². The van der Waals surface area contributed by atoms with Gasteiger partial charge in [0.2, 0.25) is 5.91 Å². The minimum atomic E-state index is -0.549. The number of imide groups is 1. The smallest absolute Gasteiger partial charge is 0.261 e. The van der Waals surface area contributed by atoms with E-state index < -0.39 is 6.04 Å². The van der Waals surface area contributed by atoms with Crippen molar-refractivity contribution >= 4 is 34.7 Å². The summed E-state index contributed by atoms with van der Waals surface area (Å²) in [5, 5.41) is 5.25. The van der Waals surface area contributed by atoms with Gasteiger partial charge in [0.05, 0.1) is 29.1 Å². The zero-order valence-corrected chi connectivity index (χ0v) is 23.4. The average Bonchev–Trinajstić information content (AvgIpc) is 3.52. The molecule has 0 radical (unpaired) electrons. The van der Waals surface area contributed by atoms with Crippen molar-refractivity contribution in [3.05, 3.63) is 117 Å². The minimum Gasteiger partial charge on any atom is -0.338 e. The first-order valence-electron chi connectivity index (χ1n) is 13.9. The molecule has 8 nitrogen and oxygen atoms in total. The number of nitrogens with one attached hydrogen (secondary N) is 1. The van der Waals surface area contributed by atoms with Crippen LogP contribution in [0, 0.1) is 0 Å². The van der Waals surface area contributed by atoms with Crippen LogP contribution in [0.15, 0.2) is 95.3 Å². The molecule has 6 rings (SSSR count). The van der Waals surface area contributed by atoms with Crippen molar-refractivity contribution in [1.82, 2.24) is 19.7 Å². The van der Waals surface area contributed by atoms with Crippen LogP contribution in [-0.2, 0) is 17.8 Å². The van der Waals surface area contributed by atoms with E-state index in [1.54, 1.807) is 24.3 Å². The standard InChI is InChI=1S/C32H31N5O3S/c38-29-26-13-7-8-14-27(26)30(39)36(29)21-25-22-41-32(34-24-11-5-2-6-12-24)37(25)28(16-15-23-9-3-1-4-10-23)31(40)35-19-17-33-18-20-35/h1-14,22,28,33H,15-21H2/t28-/m0/s1. The van der Waals surface area contributed by atoms with Crippen molar-refractivity contribution < 1.29 is 14.4 Å². The normalized spacial score (nSPS) is 16.2. The minimum absolute atomic E-state index is 0.0268. The van der Waals surface area contributed by atoms with Crippen LogP contribution in [0.1, 0.15) is 44.4 Å². The summed E-state index contributed by atoms with van der Waals surface area (Å²) >= 11 is 1.42. The van der Waals surface area contributed by atoms with E-state index in [0.29, 0.717) is 47.6 Å². The third-order valence-corrected chi connectivity index (χ3v) is 8.46. The first kappa shape index (κ1) is 26.9. The molecule has 0 bridgehead atoms. The van der Waals surface area contributed by atoms with Crippen molar-refractivity contribution in [3.63, 3.8) is 0 Å². The Labute approximate surface area is 242 Å². The summed E-state index contributed by atoms with van der Waals surface area (Å²) in [5.41, 5.74) is 3.44. The van der Waals surface area contributed by atoms with Crippen LogP contribution in [0.3, 0.4) is 0 Å². The van der Waals surface area contributed by atoms with Crippen LogP contribution < -0.4 is 10.1 Å². The van der Waals surface area contributed by atoms with Gasteiger partial charge in [-0.1, -0.05) is 60.7 Å². The molecule has 2 aliphatic rings. The maximum Gasteiger partial charge on any atom is 0.261 e. The molecule has 1 atom stereocenters. The quantitative estimate of drug-likeness (QED) is 0.325. The van der Waals surface area contributed by atoms with E-state index in [1.807, 2.05) is 63.4 Å².